The van der Waals surface area contributed by atoms with Gasteiger partial charge in [0.05, 0.1) is 22.8 Å². The van der Waals surface area contributed by atoms with Crippen molar-refractivity contribution >= 4 is 51.9 Å². The van der Waals surface area contributed by atoms with Crippen LogP contribution in [0.3, 0.4) is 0 Å². The molecule has 0 amide bonds. The summed E-state index contributed by atoms with van der Waals surface area (Å²) in [6.07, 6.45) is 8.48. The van der Waals surface area contributed by atoms with Crippen LogP contribution in [0.1, 0.15) is 33.9 Å². The van der Waals surface area contributed by atoms with E-state index in [1.807, 2.05) is 36.4 Å². The van der Waals surface area contributed by atoms with E-state index in [2.05, 4.69) is 150 Å². The molecule has 8 bridgehead atoms. The molecule has 0 fully saturated rings. The minimum Gasteiger partial charge on any atom is -0.354 e. The van der Waals surface area contributed by atoms with Crippen molar-refractivity contribution in [1.29, 1.82) is 0 Å². The summed E-state index contributed by atoms with van der Waals surface area (Å²) in [6, 6.07) is 50.3. The summed E-state index contributed by atoms with van der Waals surface area (Å²) in [7, 11) is 0. The predicted octanol–water partition coefficient (Wildman–Crippen LogP) is 11.7. The Bertz CT molecular complexity index is 2590. The van der Waals surface area contributed by atoms with E-state index in [-0.39, 0.29) is 0 Å². The Balaban J connectivity index is 1.47. The van der Waals surface area contributed by atoms with Crippen molar-refractivity contribution in [3.63, 3.8) is 0 Å². The Morgan fingerprint density at radius 1 is 0.380 bits per heavy atom. The van der Waals surface area contributed by atoms with Crippen LogP contribution in [0.2, 0.25) is 0 Å². The fourth-order valence-electron chi connectivity index (χ4n) is 7.03. The van der Waals surface area contributed by atoms with Gasteiger partial charge in [-0.05, 0) is 76.4 Å². The summed E-state index contributed by atoms with van der Waals surface area (Å²) in [5.41, 5.74) is 16.6. The lowest BCUT2D eigenvalue weighted by Crippen LogP contribution is -1.92. The van der Waals surface area contributed by atoms with Gasteiger partial charge in [0.2, 0.25) is 0 Å². The van der Waals surface area contributed by atoms with Crippen molar-refractivity contribution in [1.82, 2.24) is 19.9 Å². The van der Waals surface area contributed by atoms with Crippen LogP contribution >= 0.6 is 0 Å². The summed E-state index contributed by atoms with van der Waals surface area (Å²) in [6.45, 7) is 4.63. The Morgan fingerprint density at radius 3 is 1.16 bits per heavy atom. The highest BCUT2D eigenvalue weighted by molar-refractivity contribution is 5.99. The molecule has 9 rings (SSSR count). The maximum absolute atomic E-state index is 5.36. The lowest BCUT2D eigenvalue weighted by Gasteiger charge is -2.09. The molecular formula is C46H32N4. The second kappa shape index (κ2) is 12.3. The van der Waals surface area contributed by atoms with Crippen LogP contribution in [0.5, 0.6) is 0 Å². The van der Waals surface area contributed by atoms with E-state index in [1.165, 1.54) is 0 Å². The number of fused-ring (bicyclic) bond motifs is 8. The van der Waals surface area contributed by atoms with E-state index in [9.17, 15) is 0 Å². The van der Waals surface area contributed by atoms with E-state index in [1.54, 1.807) is 0 Å². The average molecular weight is 641 g/mol. The van der Waals surface area contributed by atoms with Gasteiger partial charge in [-0.2, -0.15) is 0 Å². The minimum atomic E-state index is 0.848. The average Bonchev–Trinajstić information content (AvgIpc) is 4.01. The number of H-pyrrole nitrogens is 2. The van der Waals surface area contributed by atoms with E-state index < -0.39 is 0 Å². The molecule has 0 radical (unpaired) electrons. The first-order chi connectivity index (χ1) is 24.7. The Morgan fingerprint density at radius 2 is 0.720 bits per heavy atom. The van der Waals surface area contributed by atoms with Crippen LogP contribution in [0.15, 0.2) is 152 Å². The summed E-state index contributed by atoms with van der Waals surface area (Å²) in [4.78, 5) is 18.3. The first kappa shape index (κ1) is 29.4. The van der Waals surface area contributed by atoms with E-state index in [0.717, 1.165) is 94.9 Å². The normalized spacial score (nSPS) is 11.9. The molecule has 0 saturated carbocycles. The topological polar surface area (TPSA) is 57.4 Å². The molecule has 0 aliphatic carbocycles. The lowest BCUT2D eigenvalue weighted by atomic mass is 9.98. The van der Waals surface area contributed by atoms with Crippen molar-refractivity contribution in [3.8, 4) is 33.4 Å². The Kier molecular flexibility index (Phi) is 7.25. The predicted molar refractivity (Wildman–Crippen MR) is 210 cm³/mol. The zero-order valence-electron chi connectivity index (χ0n) is 27.3. The number of hydrogen-bond donors (Lipinski definition) is 2. The fourth-order valence-corrected chi connectivity index (χ4v) is 7.03. The maximum Gasteiger partial charge on any atom is 0.0737 e. The number of rotatable bonds is 5. The molecule has 5 heterocycles. The van der Waals surface area contributed by atoms with Crippen LogP contribution in [0.25, 0.3) is 85.3 Å². The van der Waals surface area contributed by atoms with Crippen LogP contribution in [-0.4, -0.2) is 19.9 Å². The monoisotopic (exact) mass is 640 g/mol. The van der Waals surface area contributed by atoms with Gasteiger partial charge >= 0.3 is 0 Å². The molecule has 0 unspecified atom stereocenters. The Labute approximate surface area is 290 Å². The summed E-state index contributed by atoms with van der Waals surface area (Å²) in [5, 5.41) is 0. The molecule has 0 spiro atoms. The molecule has 4 aromatic carbocycles. The highest BCUT2D eigenvalue weighted by Crippen LogP contribution is 2.38. The van der Waals surface area contributed by atoms with Crippen molar-refractivity contribution in [2.45, 2.75) is 0 Å². The van der Waals surface area contributed by atoms with Gasteiger partial charge in [-0.15, -0.1) is 0 Å². The van der Waals surface area contributed by atoms with Crippen LogP contribution < -0.4 is 0 Å². The molecule has 3 aromatic heterocycles. The standard InChI is InChI=1S/C46H32N4/c1-30(31-14-6-2-7-15-31)43-35-22-24-37(47-35)44(32-16-8-3-9-17-32)39-26-28-41(49-39)46(34-20-12-5-13-21-34)42-29-27-40(50-42)45(33-18-10-4-11-19-33)38-25-23-36(43)48-38/h2-29,47,50H,1H2. The lowest BCUT2D eigenvalue weighted by molar-refractivity contribution is 1.30. The molecule has 2 aliphatic rings. The summed E-state index contributed by atoms with van der Waals surface area (Å²) >= 11 is 0. The quantitative estimate of drug-likeness (QED) is 0.197. The third kappa shape index (κ3) is 5.20. The fraction of sp³-hybridized carbons (Fsp3) is 0. The van der Waals surface area contributed by atoms with Gasteiger partial charge in [-0.1, -0.05) is 128 Å². The molecule has 2 N–H and O–H groups in total. The molecule has 236 valence electrons. The van der Waals surface area contributed by atoms with E-state index >= 15 is 0 Å². The third-order valence-electron chi connectivity index (χ3n) is 9.37. The highest BCUT2D eigenvalue weighted by Gasteiger charge is 2.19. The highest BCUT2D eigenvalue weighted by atomic mass is 14.8. The van der Waals surface area contributed by atoms with Gasteiger partial charge in [0.15, 0.2) is 0 Å². The number of benzene rings is 4. The van der Waals surface area contributed by atoms with Gasteiger partial charge in [0.25, 0.3) is 0 Å². The van der Waals surface area contributed by atoms with Crippen molar-refractivity contribution < 1.29 is 0 Å². The second-order valence-electron chi connectivity index (χ2n) is 12.4. The molecule has 2 aliphatic heterocycles. The molecule has 50 heavy (non-hydrogen) atoms. The third-order valence-corrected chi connectivity index (χ3v) is 9.37. The van der Waals surface area contributed by atoms with Crippen LogP contribution in [0, 0.1) is 0 Å². The maximum atomic E-state index is 5.36. The van der Waals surface area contributed by atoms with Crippen LogP contribution in [0.4, 0.5) is 0 Å². The largest absolute Gasteiger partial charge is 0.354 e. The first-order valence-electron chi connectivity index (χ1n) is 16.8. The van der Waals surface area contributed by atoms with Crippen molar-refractivity contribution in [2.75, 3.05) is 0 Å². The number of nitrogens with zero attached hydrogens (tertiary/aromatic N) is 2. The minimum absolute atomic E-state index is 0.848. The smallest absolute Gasteiger partial charge is 0.0737 e. The second-order valence-corrected chi connectivity index (χ2v) is 12.4. The van der Waals surface area contributed by atoms with Crippen molar-refractivity contribution in [2.24, 2.45) is 0 Å². The molecule has 0 saturated heterocycles. The van der Waals surface area contributed by atoms with Crippen LogP contribution in [-0.2, 0) is 0 Å². The first-order valence-corrected chi connectivity index (χ1v) is 16.8. The molecule has 4 heteroatoms. The molecule has 0 atom stereocenters. The van der Waals surface area contributed by atoms with E-state index in [4.69, 9.17) is 9.97 Å². The van der Waals surface area contributed by atoms with Gasteiger partial charge in [0, 0.05) is 44.3 Å². The van der Waals surface area contributed by atoms with E-state index in [0.29, 0.717) is 0 Å². The van der Waals surface area contributed by atoms with Crippen molar-refractivity contribution in [3.05, 3.63) is 186 Å². The number of hydrogen-bond acceptors (Lipinski definition) is 2. The van der Waals surface area contributed by atoms with Gasteiger partial charge in [-0.3, -0.25) is 0 Å². The molecule has 7 aromatic rings. The molecular weight excluding hydrogens is 609 g/mol. The van der Waals surface area contributed by atoms with Gasteiger partial charge < -0.3 is 9.97 Å². The zero-order chi connectivity index (χ0) is 33.4. The SMILES string of the molecule is C=C(c1ccccc1)c1c2nc(c(-c3ccccc3)c3ccc([nH]3)c(-c3ccccc3)c3nc(c(-c4ccccc4)c4ccc1[nH]4)C=C3)C=C2. The summed E-state index contributed by atoms with van der Waals surface area (Å²) < 4.78 is 0. The number of nitrogens with one attached hydrogen (secondary N) is 2. The van der Waals surface area contributed by atoms with Gasteiger partial charge in [-0.25, -0.2) is 9.97 Å². The molecule has 4 nitrogen and oxygen atoms in total. The summed E-state index contributed by atoms with van der Waals surface area (Å²) in [5.74, 6) is 0. The zero-order valence-corrected chi connectivity index (χ0v) is 27.3. The van der Waals surface area contributed by atoms with Gasteiger partial charge in [0.1, 0.15) is 0 Å². The number of aromatic amines is 2. The Hall–Kier alpha value is -6.78. The number of aromatic nitrogens is 4.